The van der Waals surface area contributed by atoms with Crippen molar-refractivity contribution in [3.8, 4) is 0 Å². The van der Waals surface area contributed by atoms with E-state index in [1.807, 2.05) is 0 Å². The summed E-state index contributed by atoms with van der Waals surface area (Å²) >= 11 is 9.22. The number of nitrogens with one attached hydrogen (secondary N) is 1. The number of furan rings is 1. The molecule has 1 aromatic heterocycles. The van der Waals surface area contributed by atoms with Gasteiger partial charge in [-0.15, -0.1) is 0 Å². The Balaban J connectivity index is 1.46. The number of hydrogen-bond donors (Lipinski definition) is 1. The lowest BCUT2D eigenvalue weighted by atomic mass is 10.1. The Morgan fingerprint density at radius 1 is 1.37 bits per heavy atom. The number of amides is 2. The Morgan fingerprint density at radius 2 is 2.19 bits per heavy atom. The molecule has 0 spiro atoms. The summed E-state index contributed by atoms with van der Waals surface area (Å²) in [6.07, 6.45) is 1.59. The van der Waals surface area contributed by atoms with Crippen LogP contribution in [0.1, 0.15) is 12.2 Å². The molecule has 27 heavy (non-hydrogen) atoms. The summed E-state index contributed by atoms with van der Waals surface area (Å²) in [6, 6.07) is 8.43. The van der Waals surface area contributed by atoms with Gasteiger partial charge in [-0.1, -0.05) is 11.6 Å². The largest absolute Gasteiger partial charge is 0.467 e. The highest BCUT2D eigenvalue weighted by atomic mass is 79.9. The van der Waals surface area contributed by atoms with Crippen molar-refractivity contribution in [2.24, 2.45) is 5.92 Å². The standard InChI is InChI=1S/C18H16BrClN2O5/c19-14-4-3-12(7-15(14)20)21-16(23)10-27-18(25)11-6-17(24)22(8-11)9-13-2-1-5-26-13/h1-5,7,11H,6,8-10H2,(H,21,23)/t11-/m0/s1. The first-order valence-electron chi connectivity index (χ1n) is 8.14. The molecule has 1 atom stereocenters. The molecule has 0 bridgehead atoms. The fourth-order valence-corrected chi connectivity index (χ4v) is 3.13. The van der Waals surface area contributed by atoms with Crippen LogP contribution in [0, 0.1) is 5.92 Å². The smallest absolute Gasteiger partial charge is 0.311 e. The van der Waals surface area contributed by atoms with Crippen molar-refractivity contribution in [3.63, 3.8) is 0 Å². The second-order valence-electron chi connectivity index (χ2n) is 6.04. The predicted octanol–water partition coefficient (Wildman–Crippen LogP) is 3.23. The van der Waals surface area contributed by atoms with Crippen molar-refractivity contribution in [1.82, 2.24) is 4.90 Å². The third-order valence-corrected chi connectivity index (χ3v) is 5.26. The molecule has 0 saturated carbocycles. The zero-order valence-electron chi connectivity index (χ0n) is 14.1. The average molecular weight is 456 g/mol. The number of hydrogen-bond acceptors (Lipinski definition) is 5. The van der Waals surface area contributed by atoms with Crippen LogP contribution in [-0.2, 0) is 25.7 Å². The van der Waals surface area contributed by atoms with Gasteiger partial charge in [0.05, 0.1) is 23.7 Å². The molecular formula is C18H16BrClN2O5. The Kier molecular flexibility index (Phi) is 6.18. The molecule has 2 heterocycles. The van der Waals surface area contributed by atoms with Crippen LogP contribution < -0.4 is 5.32 Å². The van der Waals surface area contributed by atoms with Crippen molar-refractivity contribution in [1.29, 1.82) is 0 Å². The highest BCUT2D eigenvalue weighted by Gasteiger charge is 2.35. The van der Waals surface area contributed by atoms with E-state index in [9.17, 15) is 14.4 Å². The van der Waals surface area contributed by atoms with Crippen LogP contribution in [0.4, 0.5) is 5.69 Å². The quantitative estimate of drug-likeness (QED) is 0.676. The van der Waals surface area contributed by atoms with Gasteiger partial charge in [0.1, 0.15) is 5.76 Å². The molecule has 2 aromatic rings. The van der Waals surface area contributed by atoms with Crippen LogP contribution in [0.3, 0.4) is 0 Å². The first-order valence-corrected chi connectivity index (χ1v) is 9.31. The van der Waals surface area contributed by atoms with Crippen LogP contribution in [0.25, 0.3) is 0 Å². The van der Waals surface area contributed by atoms with Gasteiger partial charge in [0.15, 0.2) is 6.61 Å². The highest BCUT2D eigenvalue weighted by molar-refractivity contribution is 9.10. The number of likely N-dealkylation sites (tertiary alicyclic amines) is 1. The number of benzene rings is 1. The summed E-state index contributed by atoms with van der Waals surface area (Å²) in [7, 11) is 0. The van der Waals surface area contributed by atoms with Crippen molar-refractivity contribution >= 4 is 51.0 Å². The Bertz CT molecular complexity index is 855. The maximum Gasteiger partial charge on any atom is 0.311 e. The Hall–Kier alpha value is -2.32. The minimum atomic E-state index is -0.595. The van der Waals surface area contributed by atoms with E-state index in [2.05, 4.69) is 21.2 Å². The number of anilines is 1. The van der Waals surface area contributed by atoms with Gasteiger partial charge < -0.3 is 19.4 Å². The molecule has 0 unspecified atom stereocenters. The molecule has 1 aromatic carbocycles. The second kappa shape index (κ2) is 8.58. The van der Waals surface area contributed by atoms with E-state index in [-0.39, 0.29) is 18.9 Å². The summed E-state index contributed by atoms with van der Waals surface area (Å²) in [5.74, 6) is -1.16. The number of halogens is 2. The van der Waals surface area contributed by atoms with Gasteiger partial charge in [0.25, 0.3) is 5.91 Å². The number of ether oxygens (including phenoxy) is 1. The Morgan fingerprint density at radius 3 is 2.89 bits per heavy atom. The number of carbonyl (C=O) groups is 3. The molecule has 3 rings (SSSR count). The molecule has 1 fully saturated rings. The van der Waals surface area contributed by atoms with Crippen molar-refractivity contribution in [2.75, 3.05) is 18.5 Å². The van der Waals surface area contributed by atoms with Crippen LogP contribution in [0.5, 0.6) is 0 Å². The SMILES string of the molecule is O=C(COC(=O)[C@H]1CC(=O)N(Cc2ccco2)C1)Nc1ccc(Br)c(Cl)c1. The molecule has 1 aliphatic heterocycles. The van der Waals surface area contributed by atoms with Crippen LogP contribution in [0.2, 0.25) is 5.02 Å². The van der Waals surface area contributed by atoms with Crippen molar-refractivity contribution in [2.45, 2.75) is 13.0 Å². The molecular weight excluding hydrogens is 440 g/mol. The fraction of sp³-hybridized carbons (Fsp3) is 0.278. The average Bonchev–Trinajstić information content (AvgIpc) is 3.27. The summed E-state index contributed by atoms with van der Waals surface area (Å²) in [4.78, 5) is 37.7. The molecule has 1 N–H and O–H groups in total. The predicted molar refractivity (Wildman–Crippen MR) is 101 cm³/mol. The fourth-order valence-electron chi connectivity index (χ4n) is 2.70. The van der Waals surface area contributed by atoms with E-state index in [0.29, 0.717) is 27.5 Å². The molecule has 1 aliphatic rings. The van der Waals surface area contributed by atoms with E-state index < -0.39 is 24.4 Å². The summed E-state index contributed by atoms with van der Waals surface area (Å²) in [5, 5.41) is 3.04. The maximum absolute atomic E-state index is 12.2. The lowest BCUT2D eigenvalue weighted by molar-refractivity contribution is -0.151. The Labute approximate surface area is 168 Å². The van der Waals surface area contributed by atoms with Gasteiger partial charge in [-0.2, -0.15) is 0 Å². The molecule has 142 valence electrons. The lowest BCUT2D eigenvalue weighted by Gasteiger charge is -2.14. The molecule has 9 heteroatoms. The van der Waals surface area contributed by atoms with Crippen LogP contribution >= 0.6 is 27.5 Å². The minimum absolute atomic E-state index is 0.0590. The van der Waals surface area contributed by atoms with E-state index in [1.54, 1.807) is 30.3 Å². The normalized spacial score (nSPS) is 16.4. The summed E-state index contributed by atoms with van der Waals surface area (Å²) in [5.41, 5.74) is 0.491. The van der Waals surface area contributed by atoms with E-state index >= 15 is 0 Å². The zero-order chi connectivity index (χ0) is 19.4. The highest BCUT2D eigenvalue weighted by Crippen LogP contribution is 2.25. The third-order valence-electron chi connectivity index (χ3n) is 4.02. The van der Waals surface area contributed by atoms with Gasteiger partial charge in [-0.3, -0.25) is 14.4 Å². The third kappa shape index (κ3) is 5.11. The monoisotopic (exact) mass is 454 g/mol. The molecule has 2 amide bonds. The van der Waals surface area contributed by atoms with E-state index in [0.717, 1.165) is 0 Å². The van der Waals surface area contributed by atoms with E-state index in [4.69, 9.17) is 20.8 Å². The minimum Gasteiger partial charge on any atom is -0.467 e. The van der Waals surface area contributed by atoms with Gasteiger partial charge in [-0.05, 0) is 46.3 Å². The zero-order valence-corrected chi connectivity index (χ0v) is 16.5. The molecule has 0 aliphatic carbocycles. The summed E-state index contributed by atoms with van der Waals surface area (Å²) in [6.45, 7) is 0.109. The number of rotatable bonds is 6. The lowest BCUT2D eigenvalue weighted by Crippen LogP contribution is -2.28. The topological polar surface area (TPSA) is 88.9 Å². The first-order chi connectivity index (χ1) is 12.9. The van der Waals surface area contributed by atoms with Crippen molar-refractivity contribution in [3.05, 3.63) is 51.9 Å². The van der Waals surface area contributed by atoms with Gasteiger partial charge in [0, 0.05) is 23.1 Å². The van der Waals surface area contributed by atoms with Gasteiger partial charge in [0.2, 0.25) is 5.91 Å². The van der Waals surface area contributed by atoms with Gasteiger partial charge >= 0.3 is 5.97 Å². The molecule has 7 nitrogen and oxygen atoms in total. The second-order valence-corrected chi connectivity index (χ2v) is 7.30. The molecule has 1 saturated heterocycles. The van der Waals surface area contributed by atoms with Crippen LogP contribution in [-0.4, -0.2) is 35.8 Å². The maximum atomic E-state index is 12.2. The number of esters is 1. The summed E-state index contributed by atoms with van der Waals surface area (Å²) < 4.78 is 11.0. The van der Waals surface area contributed by atoms with Crippen LogP contribution in [0.15, 0.2) is 45.5 Å². The van der Waals surface area contributed by atoms with E-state index in [1.165, 1.54) is 11.2 Å². The van der Waals surface area contributed by atoms with Crippen molar-refractivity contribution < 1.29 is 23.5 Å². The number of nitrogens with zero attached hydrogens (tertiary/aromatic N) is 1. The van der Waals surface area contributed by atoms with Gasteiger partial charge in [-0.25, -0.2) is 0 Å². The number of carbonyl (C=O) groups excluding carboxylic acids is 3. The molecule has 0 radical (unpaired) electrons. The first kappa shape index (κ1) is 19.4.